The van der Waals surface area contributed by atoms with Crippen molar-refractivity contribution in [2.75, 3.05) is 0 Å². The number of carbonyl (C=O) groups is 1. The zero-order valence-corrected chi connectivity index (χ0v) is 11.5. The van der Waals surface area contributed by atoms with Gasteiger partial charge in [-0.25, -0.2) is 0 Å². The molecule has 96 valence electrons. The summed E-state index contributed by atoms with van der Waals surface area (Å²) in [6.07, 6.45) is 2.33. The molecule has 3 rings (SSSR count). The van der Waals surface area contributed by atoms with Gasteiger partial charge in [0.2, 0.25) is 0 Å². The lowest BCUT2D eigenvalue weighted by Crippen LogP contribution is -2.30. The smallest absolute Gasteiger partial charge is 0.161 e. The third-order valence-electron chi connectivity index (χ3n) is 3.82. The molecule has 0 bridgehead atoms. The van der Waals surface area contributed by atoms with E-state index in [1.165, 1.54) is 0 Å². The van der Waals surface area contributed by atoms with Crippen LogP contribution in [0.25, 0.3) is 0 Å². The molecule has 1 aliphatic heterocycles. The van der Waals surface area contributed by atoms with Crippen LogP contribution in [0.2, 0.25) is 0 Å². The fourth-order valence-corrected chi connectivity index (χ4v) is 3.82. The number of aliphatic imine (C=N–C) groups is 1. The molecular weight excluding hydrogens is 256 g/mol. The number of Topliss-reactive ketones (excluding diaryl/α,β-unsaturated/α-hetero) is 1. The third-order valence-corrected chi connectivity index (χ3v) is 4.78. The van der Waals surface area contributed by atoms with E-state index in [9.17, 15) is 10.1 Å². The van der Waals surface area contributed by atoms with Crippen molar-refractivity contribution in [3.63, 3.8) is 0 Å². The minimum atomic E-state index is -0.306. The first-order chi connectivity index (χ1) is 9.22. The van der Waals surface area contributed by atoms with E-state index < -0.39 is 0 Å². The number of hydrogen-bond donors (Lipinski definition) is 0. The van der Waals surface area contributed by atoms with Crippen molar-refractivity contribution in [2.45, 2.75) is 32.1 Å². The number of nitriles is 1. The van der Waals surface area contributed by atoms with E-state index >= 15 is 0 Å². The minimum absolute atomic E-state index is 0.106. The molecule has 0 N–H and O–H groups in total. The molecule has 1 aromatic rings. The molecule has 2 unspecified atom stereocenters. The summed E-state index contributed by atoms with van der Waals surface area (Å²) in [6, 6.07) is 6.33. The van der Waals surface area contributed by atoms with Gasteiger partial charge in [-0.1, -0.05) is 6.07 Å². The first kappa shape index (κ1) is 12.3. The largest absolute Gasteiger partial charge is 0.294 e. The number of allylic oxidation sites excluding steroid dienone is 2. The second-order valence-electron chi connectivity index (χ2n) is 4.99. The maximum absolute atomic E-state index is 12.3. The first-order valence-electron chi connectivity index (χ1n) is 6.47. The van der Waals surface area contributed by atoms with Gasteiger partial charge in [-0.2, -0.15) is 5.26 Å². The summed E-state index contributed by atoms with van der Waals surface area (Å²) in [7, 11) is 0. The highest BCUT2D eigenvalue weighted by atomic mass is 32.1. The van der Waals surface area contributed by atoms with E-state index in [1.807, 2.05) is 24.4 Å². The number of carbonyl (C=O) groups excluding carboxylic acids is 1. The van der Waals surface area contributed by atoms with Crippen LogP contribution in [0.1, 0.15) is 37.0 Å². The molecule has 19 heavy (non-hydrogen) atoms. The molecule has 0 fully saturated rings. The van der Waals surface area contributed by atoms with E-state index in [4.69, 9.17) is 0 Å². The predicted octanol–water partition coefficient (Wildman–Crippen LogP) is 3.45. The van der Waals surface area contributed by atoms with Crippen molar-refractivity contribution in [3.8, 4) is 6.07 Å². The van der Waals surface area contributed by atoms with E-state index in [-0.39, 0.29) is 17.6 Å². The van der Waals surface area contributed by atoms with Crippen molar-refractivity contribution in [1.29, 1.82) is 5.26 Å². The fraction of sp³-hybridized carbons (Fsp3) is 0.400. The fourth-order valence-electron chi connectivity index (χ4n) is 2.95. The molecule has 1 aromatic heterocycles. The second-order valence-corrected chi connectivity index (χ2v) is 5.97. The molecule has 2 atom stereocenters. The van der Waals surface area contributed by atoms with Crippen LogP contribution in [0.3, 0.4) is 0 Å². The number of hydrogen-bond acceptors (Lipinski definition) is 4. The molecule has 3 nitrogen and oxygen atoms in total. The van der Waals surface area contributed by atoms with Crippen LogP contribution < -0.4 is 0 Å². The normalized spacial score (nSPS) is 26.7. The summed E-state index contributed by atoms with van der Waals surface area (Å²) in [6.45, 7) is 1.90. The Kier molecular flexibility index (Phi) is 3.08. The molecule has 1 aliphatic carbocycles. The highest BCUT2D eigenvalue weighted by Gasteiger charge is 2.39. The van der Waals surface area contributed by atoms with Crippen LogP contribution >= 0.6 is 11.3 Å². The van der Waals surface area contributed by atoms with Gasteiger partial charge in [-0.15, -0.1) is 11.3 Å². The Labute approximate surface area is 116 Å². The van der Waals surface area contributed by atoms with Gasteiger partial charge in [0.05, 0.1) is 12.0 Å². The minimum Gasteiger partial charge on any atom is -0.294 e. The standard InChI is InChI=1S/C15H14N2OS/c1-9-10(8-16)14(13-6-3-7-19-13)15-11(17-9)4-2-5-12(15)18/h3,6-7,10,14H,2,4-5H2,1H3. The van der Waals surface area contributed by atoms with Crippen molar-refractivity contribution >= 4 is 22.8 Å². The Morgan fingerprint density at radius 3 is 3.00 bits per heavy atom. The second kappa shape index (κ2) is 4.75. The SMILES string of the molecule is CC1=NC2=C(C(=O)CCC2)C(c2cccs2)C1C#N. The maximum Gasteiger partial charge on any atom is 0.161 e. The average molecular weight is 270 g/mol. The van der Waals surface area contributed by atoms with Gasteiger partial charge >= 0.3 is 0 Å². The van der Waals surface area contributed by atoms with Crippen LogP contribution in [0.4, 0.5) is 0 Å². The van der Waals surface area contributed by atoms with Crippen LogP contribution in [0.15, 0.2) is 33.8 Å². The van der Waals surface area contributed by atoms with Gasteiger partial charge in [-0.3, -0.25) is 9.79 Å². The van der Waals surface area contributed by atoms with Crippen LogP contribution in [0, 0.1) is 17.2 Å². The van der Waals surface area contributed by atoms with E-state index in [0.29, 0.717) is 6.42 Å². The summed E-state index contributed by atoms with van der Waals surface area (Å²) in [5.41, 5.74) is 2.55. The zero-order valence-electron chi connectivity index (χ0n) is 10.7. The molecule has 2 aliphatic rings. The monoisotopic (exact) mass is 270 g/mol. The van der Waals surface area contributed by atoms with E-state index in [1.54, 1.807) is 11.3 Å². The number of rotatable bonds is 1. The molecule has 2 heterocycles. The van der Waals surface area contributed by atoms with Gasteiger partial charge < -0.3 is 0 Å². The molecule has 0 saturated heterocycles. The summed E-state index contributed by atoms with van der Waals surface area (Å²) < 4.78 is 0. The van der Waals surface area contributed by atoms with Gasteiger partial charge in [0.25, 0.3) is 0 Å². The predicted molar refractivity (Wildman–Crippen MR) is 75.2 cm³/mol. The molecule has 0 aromatic carbocycles. The summed E-state index contributed by atoms with van der Waals surface area (Å²) in [5, 5.41) is 11.4. The quantitative estimate of drug-likeness (QED) is 0.784. The number of ketones is 1. The molecular formula is C15H14N2OS. The van der Waals surface area contributed by atoms with Crippen molar-refractivity contribution in [1.82, 2.24) is 0 Å². The molecule has 0 radical (unpaired) electrons. The Morgan fingerprint density at radius 1 is 1.47 bits per heavy atom. The maximum atomic E-state index is 12.3. The molecule has 0 amide bonds. The lowest BCUT2D eigenvalue weighted by Gasteiger charge is -2.31. The molecule has 4 heteroatoms. The topological polar surface area (TPSA) is 53.2 Å². The summed E-state index contributed by atoms with van der Waals surface area (Å²) >= 11 is 1.62. The van der Waals surface area contributed by atoms with Gasteiger partial charge in [0, 0.05) is 34.2 Å². The summed E-state index contributed by atoms with van der Waals surface area (Å²) in [4.78, 5) is 17.9. The summed E-state index contributed by atoms with van der Waals surface area (Å²) in [5.74, 6) is -0.235. The van der Waals surface area contributed by atoms with Gasteiger partial charge in [0.15, 0.2) is 5.78 Å². The Hall–Kier alpha value is -1.73. The number of thiophene rings is 1. The van der Waals surface area contributed by atoms with E-state index in [0.717, 1.165) is 34.7 Å². The third kappa shape index (κ3) is 1.95. The lowest BCUT2D eigenvalue weighted by atomic mass is 9.75. The lowest BCUT2D eigenvalue weighted by molar-refractivity contribution is -0.116. The zero-order chi connectivity index (χ0) is 13.4. The average Bonchev–Trinajstić information content (AvgIpc) is 2.91. The Balaban J connectivity index is 2.17. The van der Waals surface area contributed by atoms with Crippen molar-refractivity contribution < 1.29 is 4.79 Å². The first-order valence-corrected chi connectivity index (χ1v) is 7.34. The highest BCUT2D eigenvalue weighted by Crippen LogP contribution is 2.44. The van der Waals surface area contributed by atoms with Crippen LogP contribution in [0.5, 0.6) is 0 Å². The Bertz CT molecular complexity index is 619. The number of nitrogens with zero attached hydrogens (tertiary/aromatic N) is 2. The van der Waals surface area contributed by atoms with Crippen molar-refractivity contribution in [2.24, 2.45) is 10.9 Å². The molecule has 0 saturated carbocycles. The van der Waals surface area contributed by atoms with Crippen LogP contribution in [-0.2, 0) is 4.79 Å². The van der Waals surface area contributed by atoms with Gasteiger partial charge in [0.1, 0.15) is 0 Å². The van der Waals surface area contributed by atoms with Crippen molar-refractivity contribution in [3.05, 3.63) is 33.7 Å². The molecule has 0 spiro atoms. The van der Waals surface area contributed by atoms with Gasteiger partial charge in [-0.05, 0) is 31.2 Å². The Morgan fingerprint density at radius 2 is 2.32 bits per heavy atom. The highest BCUT2D eigenvalue weighted by molar-refractivity contribution is 7.10. The van der Waals surface area contributed by atoms with E-state index in [2.05, 4.69) is 11.1 Å². The van der Waals surface area contributed by atoms with Crippen LogP contribution in [-0.4, -0.2) is 11.5 Å².